The van der Waals surface area contributed by atoms with Crippen LogP contribution in [0.25, 0.3) is 0 Å². The molecule has 1 aromatic rings. The lowest BCUT2D eigenvalue weighted by atomic mass is 9.80. The van der Waals surface area contributed by atoms with Crippen LogP contribution in [0.5, 0.6) is 0 Å². The summed E-state index contributed by atoms with van der Waals surface area (Å²) in [5.74, 6) is -0.248. The van der Waals surface area contributed by atoms with E-state index in [2.05, 4.69) is 15.5 Å². The van der Waals surface area contributed by atoms with Crippen LogP contribution in [0.2, 0.25) is 0 Å². The molecule has 1 aromatic carbocycles. The average molecular weight is 640 g/mol. The quantitative estimate of drug-likeness (QED) is 0.514. The number of likely N-dealkylation sites (tertiary alicyclic amines) is 2. The van der Waals surface area contributed by atoms with Gasteiger partial charge in [0.15, 0.2) is 6.10 Å². The smallest absolute Gasteiger partial charge is 0.410 e. The first-order chi connectivity index (χ1) is 22.4. The van der Waals surface area contributed by atoms with E-state index in [0.29, 0.717) is 70.9 Å². The molecule has 0 radical (unpaired) electrons. The van der Waals surface area contributed by atoms with Crippen LogP contribution in [0.3, 0.4) is 0 Å². The van der Waals surface area contributed by atoms with Crippen LogP contribution in [-0.4, -0.2) is 122 Å². The molecule has 2 N–H and O–H groups in total. The molecular weight excluding hydrogens is 590 g/mol. The Bertz CT molecular complexity index is 1220. The van der Waals surface area contributed by atoms with Gasteiger partial charge in [0.25, 0.3) is 5.91 Å². The summed E-state index contributed by atoms with van der Waals surface area (Å²) in [7, 11) is 0. The maximum absolute atomic E-state index is 13.6. The van der Waals surface area contributed by atoms with Crippen LogP contribution in [-0.2, 0) is 35.2 Å². The molecule has 5 fully saturated rings. The van der Waals surface area contributed by atoms with E-state index in [4.69, 9.17) is 14.2 Å². The topological polar surface area (TPSA) is 130 Å². The molecule has 5 aliphatic heterocycles. The number of carbonyl (C=O) groups is 4. The van der Waals surface area contributed by atoms with Crippen LogP contribution >= 0.6 is 0 Å². The minimum Gasteiger partial charge on any atom is -0.445 e. The molecule has 0 aromatic heterocycles. The van der Waals surface area contributed by atoms with Crippen molar-refractivity contribution in [1.82, 2.24) is 25.3 Å². The molecule has 4 amide bonds. The van der Waals surface area contributed by atoms with Crippen molar-refractivity contribution in [2.45, 2.75) is 75.7 Å². The predicted molar refractivity (Wildman–Crippen MR) is 168 cm³/mol. The van der Waals surface area contributed by atoms with Gasteiger partial charge < -0.3 is 39.5 Å². The molecule has 1 spiro atoms. The summed E-state index contributed by atoms with van der Waals surface area (Å²) in [4.78, 5) is 59.6. The highest BCUT2D eigenvalue weighted by Crippen LogP contribution is 2.32. The SMILES string of the molecule is O=C1CC2(CCN(C3CCOCC3)CC2)NC(=O)[C@@H]2CN(CCO2)C(=O)C[C@@H]2CCN(C(=O)OCc3ccccc3)C[C@@H]2CCN1. The summed E-state index contributed by atoms with van der Waals surface area (Å²) >= 11 is 0. The van der Waals surface area contributed by atoms with Gasteiger partial charge in [0, 0.05) is 71.4 Å². The Morgan fingerprint density at radius 3 is 2.48 bits per heavy atom. The maximum atomic E-state index is 13.6. The van der Waals surface area contributed by atoms with Gasteiger partial charge >= 0.3 is 6.09 Å². The number of rotatable bonds is 3. The highest BCUT2D eigenvalue weighted by molar-refractivity contribution is 5.85. The molecule has 3 atom stereocenters. The van der Waals surface area contributed by atoms with E-state index >= 15 is 0 Å². The van der Waals surface area contributed by atoms with Crippen LogP contribution < -0.4 is 10.6 Å². The first-order valence-electron chi connectivity index (χ1n) is 17.1. The van der Waals surface area contributed by atoms with Gasteiger partial charge in [-0.05, 0) is 55.9 Å². The summed E-state index contributed by atoms with van der Waals surface area (Å²) in [5, 5.41) is 6.36. The number of hydrogen-bond acceptors (Lipinski definition) is 8. The zero-order valence-electron chi connectivity index (χ0n) is 26.8. The molecule has 12 nitrogen and oxygen atoms in total. The normalized spacial score (nSPS) is 28.8. The fraction of sp³-hybridized carbons (Fsp3) is 0.706. The van der Waals surface area contributed by atoms with Crippen LogP contribution in [0.15, 0.2) is 30.3 Å². The zero-order valence-corrected chi connectivity index (χ0v) is 26.8. The number of benzene rings is 1. The average Bonchev–Trinajstić information content (AvgIpc) is 3.08. The fourth-order valence-electron chi connectivity index (χ4n) is 7.86. The third-order valence-electron chi connectivity index (χ3n) is 10.7. The van der Waals surface area contributed by atoms with E-state index in [1.807, 2.05) is 30.3 Å². The number of carbonyl (C=O) groups excluding carboxylic acids is 4. The van der Waals surface area contributed by atoms with Gasteiger partial charge in [-0.15, -0.1) is 0 Å². The van der Waals surface area contributed by atoms with Gasteiger partial charge in [0.2, 0.25) is 11.8 Å². The molecule has 0 saturated carbocycles. The van der Waals surface area contributed by atoms with E-state index in [1.54, 1.807) is 9.80 Å². The van der Waals surface area contributed by atoms with E-state index < -0.39 is 11.6 Å². The van der Waals surface area contributed by atoms with Crippen molar-refractivity contribution >= 4 is 23.8 Å². The summed E-state index contributed by atoms with van der Waals surface area (Å²) in [6.07, 6.45) is 4.08. The Hall–Kier alpha value is -3.22. The Morgan fingerprint density at radius 2 is 1.70 bits per heavy atom. The lowest BCUT2D eigenvalue weighted by Crippen LogP contribution is -2.62. The van der Waals surface area contributed by atoms with Crippen LogP contribution in [0.1, 0.15) is 56.9 Å². The monoisotopic (exact) mass is 639 g/mol. The zero-order chi connectivity index (χ0) is 31.9. The van der Waals surface area contributed by atoms with E-state index in [-0.39, 0.29) is 55.2 Å². The summed E-state index contributed by atoms with van der Waals surface area (Å²) in [5.41, 5.74) is 0.252. The highest BCUT2D eigenvalue weighted by atomic mass is 16.6. The van der Waals surface area contributed by atoms with Gasteiger partial charge in [0.1, 0.15) is 6.61 Å². The minimum absolute atomic E-state index is 0.00888. The van der Waals surface area contributed by atoms with Crippen molar-refractivity contribution in [3.8, 4) is 0 Å². The number of piperidine rings is 2. The third kappa shape index (κ3) is 8.19. The van der Waals surface area contributed by atoms with Gasteiger partial charge in [-0.2, -0.15) is 0 Å². The highest BCUT2D eigenvalue weighted by Gasteiger charge is 2.42. The van der Waals surface area contributed by atoms with Crippen molar-refractivity contribution < 1.29 is 33.4 Å². The lowest BCUT2D eigenvalue weighted by molar-refractivity contribution is -0.149. The van der Waals surface area contributed by atoms with E-state index in [1.165, 1.54) is 0 Å². The van der Waals surface area contributed by atoms with E-state index in [9.17, 15) is 19.2 Å². The predicted octanol–water partition coefficient (Wildman–Crippen LogP) is 1.92. The second-order valence-electron chi connectivity index (χ2n) is 13.7. The minimum atomic E-state index is -0.770. The molecule has 12 heteroatoms. The molecule has 5 aliphatic rings. The molecule has 46 heavy (non-hydrogen) atoms. The van der Waals surface area contributed by atoms with Crippen molar-refractivity contribution in [2.75, 3.05) is 65.6 Å². The number of ether oxygens (including phenoxy) is 3. The molecule has 0 unspecified atom stereocenters. The standard InChI is InChI=1S/C34H49N5O7/c40-30-21-34(10-14-37(15-11-34)28-8-17-44-18-9-28)36-32(42)29-23-38(16-19-45-29)31(41)20-26-7-13-39(22-27(26)6-12-35-30)33(43)46-24-25-4-2-1-3-5-25/h1-5,26-29H,6-24H2,(H,35,40)(H,36,42)/t26-,27-,29-/m0/s1. The lowest BCUT2D eigenvalue weighted by Gasteiger charge is -2.46. The molecule has 2 bridgehead atoms. The van der Waals surface area contributed by atoms with Gasteiger partial charge in [0.05, 0.1) is 18.7 Å². The molecule has 5 heterocycles. The van der Waals surface area contributed by atoms with Crippen molar-refractivity contribution in [3.05, 3.63) is 35.9 Å². The summed E-state index contributed by atoms with van der Waals surface area (Å²) in [6.45, 7) is 5.72. The number of nitrogens with one attached hydrogen (secondary N) is 2. The Balaban J connectivity index is 1.13. The first-order valence-corrected chi connectivity index (χ1v) is 17.1. The number of amides is 4. The fourth-order valence-corrected chi connectivity index (χ4v) is 7.86. The van der Waals surface area contributed by atoms with Crippen molar-refractivity contribution in [3.63, 3.8) is 0 Å². The molecule has 252 valence electrons. The van der Waals surface area contributed by atoms with Crippen molar-refractivity contribution in [2.24, 2.45) is 11.8 Å². The number of fused-ring (bicyclic) bond motifs is 3. The Morgan fingerprint density at radius 1 is 0.913 bits per heavy atom. The molecule has 0 aliphatic carbocycles. The first kappa shape index (κ1) is 32.7. The number of morpholine rings is 1. The second kappa shape index (κ2) is 15.1. The second-order valence-corrected chi connectivity index (χ2v) is 13.7. The van der Waals surface area contributed by atoms with Crippen LogP contribution in [0, 0.1) is 11.8 Å². The van der Waals surface area contributed by atoms with E-state index in [0.717, 1.165) is 44.7 Å². The van der Waals surface area contributed by atoms with Crippen molar-refractivity contribution in [1.29, 1.82) is 0 Å². The van der Waals surface area contributed by atoms with Gasteiger partial charge in [-0.3, -0.25) is 14.4 Å². The summed E-state index contributed by atoms with van der Waals surface area (Å²) < 4.78 is 17.1. The largest absolute Gasteiger partial charge is 0.445 e. The Labute approximate surface area is 271 Å². The number of hydrogen-bond donors (Lipinski definition) is 2. The summed E-state index contributed by atoms with van der Waals surface area (Å²) in [6, 6.07) is 10.1. The molecule has 5 saturated heterocycles. The maximum Gasteiger partial charge on any atom is 0.410 e. The van der Waals surface area contributed by atoms with Crippen LogP contribution in [0.4, 0.5) is 4.79 Å². The third-order valence-corrected chi connectivity index (χ3v) is 10.7. The molecule has 6 rings (SSSR count). The van der Waals surface area contributed by atoms with Gasteiger partial charge in [-0.1, -0.05) is 30.3 Å². The van der Waals surface area contributed by atoms with Gasteiger partial charge in [-0.25, -0.2) is 4.79 Å². The Kier molecular flexibility index (Phi) is 10.8. The number of nitrogens with zero attached hydrogens (tertiary/aromatic N) is 3. The molecular formula is C34H49N5O7.